The van der Waals surface area contributed by atoms with Gasteiger partial charge >= 0.3 is 0 Å². The van der Waals surface area contributed by atoms with Gasteiger partial charge in [-0.3, -0.25) is 0 Å². The van der Waals surface area contributed by atoms with Crippen LogP contribution in [0.3, 0.4) is 0 Å². The molecular formula is C12H14FNO. The molecule has 0 aliphatic heterocycles. The number of carbonyl (C=O) groups excluding carboxylic acids is 1. The smallest absolute Gasteiger partial charge is 0.235 e. The lowest BCUT2D eigenvalue weighted by atomic mass is 9.96. The molecular weight excluding hydrogens is 193 g/mol. The first-order chi connectivity index (χ1) is 6.95. The molecule has 0 N–H and O–H groups in total. The minimum absolute atomic E-state index is 0.263. The standard InChI is InChI=1S/C12H14FNO/c1-9-4-5-11(12(2,3)13)6-10(9)7-14-8-15/h4-6H,7H2,1-3H3. The van der Waals surface area contributed by atoms with Crippen LogP contribution in [0.15, 0.2) is 23.2 Å². The summed E-state index contributed by atoms with van der Waals surface area (Å²) in [7, 11) is 0. The lowest BCUT2D eigenvalue weighted by molar-refractivity contribution is 0.221. The Morgan fingerprint density at radius 1 is 1.47 bits per heavy atom. The number of benzene rings is 1. The molecule has 1 aromatic rings. The molecule has 1 aromatic carbocycles. The minimum atomic E-state index is -1.37. The van der Waals surface area contributed by atoms with Crippen LogP contribution in [-0.2, 0) is 17.0 Å². The molecule has 80 valence electrons. The molecule has 0 aliphatic carbocycles. The molecule has 0 unspecified atom stereocenters. The van der Waals surface area contributed by atoms with Crippen molar-refractivity contribution in [3.8, 4) is 0 Å². The number of rotatable bonds is 3. The summed E-state index contributed by atoms with van der Waals surface area (Å²) in [6.45, 7) is 5.18. The van der Waals surface area contributed by atoms with Crippen LogP contribution in [0.1, 0.15) is 30.5 Å². The number of alkyl halides is 1. The molecule has 0 fully saturated rings. The van der Waals surface area contributed by atoms with Gasteiger partial charge in [0.1, 0.15) is 5.67 Å². The Balaban J connectivity index is 3.10. The third-order valence-corrected chi connectivity index (χ3v) is 2.35. The Labute approximate surface area is 88.8 Å². The van der Waals surface area contributed by atoms with Crippen molar-refractivity contribution in [3.05, 3.63) is 34.9 Å². The van der Waals surface area contributed by atoms with Gasteiger partial charge in [-0.2, -0.15) is 0 Å². The number of hydrogen-bond donors (Lipinski definition) is 0. The third-order valence-electron chi connectivity index (χ3n) is 2.35. The van der Waals surface area contributed by atoms with Crippen LogP contribution in [0.4, 0.5) is 4.39 Å². The van der Waals surface area contributed by atoms with E-state index in [0.29, 0.717) is 5.56 Å². The molecule has 0 saturated heterocycles. The predicted molar refractivity (Wildman–Crippen MR) is 57.1 cm³/mol. The van der Waals surface area contributed by atoms with E-state index in [9.17, 15) is 9.18 Å². The summed E-state index contributed by atoms with van der Waals surface area (Å²) in [5.74, 6) is 0. The Bertz CT molecular complexity index is 401. The van der Waals surface area contributed by atoms with Crippen LogP contribution in [0, 0.1) is 6.92 Å². The van der Waals surface area contributed by atoms with E-state index in [4.69, 9.17) is 0 Å². The third kappa shape index (κ3) is 3.00. The van der Waals surface area contributed by atoms with Gasteiger partial charge < -0.3 is 0 Å². The summed E-state index contributed by atoms with van der Waals surface area (Å²) >= 11 is 0. The van der Waals surface area contributed by atoms with Crippen LogP contribution >= 0.6 is 0 Å². The highest BCUT2D eigenvalue weighted by Crippen LogP contribution is 2.26. The number of aryl methyl sites for hydroxylation is 1. The normalized spacial score (nSPS) is 10.9. The first-order valence-electron chi connectivity index (χ1n) is 4.77. The van der Waals surface area contributed by atoms with Crippen molar-refractivity contribution in [1.82, 2.24) is 0 Å². The van der Waals surface area contributed by atoms with Crippen molar-refractivity contribution < 1.29 is 9.18 Å². The van der Waals surface area contributed by atoms with Gasteiger partial charge in [0, 0.05) is 0 Å². The minimum Gasteiger partial charge on any atom is -0.239 e. The summed E-state index contributed by atoms with van der Waals surface area (Å²) in [6.07, 6.45) is 1.48. The van der Waals surface area contributed by atoms with Crippen molar-refractivity contribution in [2.24, 2.45) is 4.99 Å². The zero-order valence-corrected chi connectivity index (χ0v) is 9.17. The zero-order chi connectivity index (χ0) is 11.5. The van der Waals surface area contributed by atoms with Crippen LogP contribution in [0.2, 0.25) is 0 Å². The molecule has 0 heterocycles. The molecule has 0 saturated carbocycles. The molecule has 0 spiro atoms. The van der Waals surface area contributed by atoms with Crippen LogP contribution in [0.25, 0.3) is 0 Å². The Morgan fingerprint density at radius 3 is 2.67 bits per heavy atom. The maximum Gasteiger partial charge on any atom is 0.235 e. The van der Waals surface area contributed by atoms with E-state index in [0.717, 1.165) is 11.1 Å². The lowest BCUT2D eigenvalue weighted by Gasteiger charge is -2.16. The molecule has 0 amide bonds. The summed E-state index contributed by atoms with van der Waals surface area (Å²) in [6, 6.07) is 5.34. The Kier molecular flexibility index (Phi) is 3.38. The van der Waals surface area contributed by atoms with Gasteiger partial charge in [-0.05, 0) is 37.5 Å². The van der Waals surface area contributed by atoms with E-state index in [1.807, 2.05) is 13.0 Å². The van der Waals surface area contributed by atoms with Gasteiger partial charge in [-0.15, -0.1) is 0 Å². The second kappa shape index (κ2) is 4.37. The maximum atomic E-state index is 13.6. The number of halogens is 1. The second-order valence-electron chi connectivity index (χ2n) is 4.02. The van der Waals surface area contributed by atoms with E-state index in [2.05, 4.69) is 4.99 Å². The number of aliphatic imine (C=N–C) groups is 1. The highest BCUT2D eigenvalue weighted by molar-refractivity contribution is 5.37. The highest BCUT2D eigenvalue weighted by Gasteiger charge is 2.19. The molecule has 0 aliphatic rings. The average Bonchev–Trinajstić information content (AvgIpc) is 2.15. The predicted octanol–water partition coefficient (Wildman–Crippen LogP) is 3.04. The molecule has 0 aromatic heterocycles. The van der Waals surface area contributed by atoms with Crippen molar-refractivity contribution in [3.63, 3.8) is 0 Å². The fourth-order valence-corrected chi connectivity index (χ4v) is 1.33. The molecule has 15 heavy (non-hydrogen) atoms. The molecule has 3 heteroatoms. The largest absolute Gasteiger partial charge is 0.239 e. The van der Waals surface area contributed by atoms with Crippen molar-refractivity contribution in [2.75, 3.05) is 0 Å². The highest BCUT2D eigenvalue weighted by atomic mass is 19.1. The molecule has 0 bridgehead atoms. The number of isocyanates is 1. The van der Waals surface area contributed by atoms with Crippen molar-refractivity contribution >= 4 is 6.08 Å². The first-order valence-corrected chi connectivity index (χ1v) is 4.77. The summed E-state index contributed by atoms with van der Waals surface area (Å²) in [5, 5.41) is 0. The molecule has 0 atom stereocenters. The van der Waals surface area contributed by atoms with Gasteiger partial charge in [0.2, 0.25) is 6.08 Å². The van der Waals surface area contributed by atoms with Gasteiger partial charge in [-0.1, -0.05) is 18.2 Å². The number of nitrogens with zero attached hydrogens (tertiary/aromatic N) is 1. The quantitative estimate of drug-likeness (QED) is 0.553. The second-order valence-corrected chi connectivity index (χ2v) is 4.02. The maximum absolute atomic E-state index is 13.6. The summed E-state index contributed by atoms with van der Waals surface area (Å²) < 4.78 is 13.6. The SMILES string of the molecule is Cc1ccc(C(C)(C)F)cc1CN=C=O. The van der Waals surface area contributed by atoms with E-state index < -0.39 is 5.67 Å². The number of hydrogen-bond acceptors (Lipinski definition) is 2. The Morgan fingerprint density at radius 2 is 2.13 bits per heavy atom. The fourth-order valence-electron chi connectivity index (χ4n) is 1.33. The lowest BCUT2D eigenvalue weighted by Crippen LogP contribution is -2.09. The van der Waals surface area contributed by atoms with Crippen LogP contribution in [0.5, 0.6) is 0 Å². The first kappa shape index (κ1) is 11.6. The molecule has 0 radical (unpaired) electrons. The zero-order valence-electron chi connectivity index (χ0n) is 9.17. The van der Waals surface area contributed by atoms with Crippen LogP contribution in [-0.4, -0.2) is 6.08 Å². The average molecular weight is 207 g/mol. The van der Waals surface area contributed by atoms with Gasteiger partial charge in [0.25, 0.3) is 0 Å². The molecule has 1 rings (SSSR count). The molecule has 2 nitrogen and oxygen atoms in total. The summed E-state index contributed by atoms with van der Waals surface area (Å²) in [4.78, 5) is 13.5. The monoisotopic (exact) mass is 207 g/mol. The Hall–Kier alpha value is -1.47. The van der Waals surface area contributed by atoms with Gasteiger partial charge in [0.15, 0.2) is 0 Å². The van der Waals surface area contributed by atoms with Gasteiger partial charge in [0.05, 0.1) is 6.54 Å². The van der Waals surface area contributed by atoms with Crippen LogP contribution < -0.4 is 0 Å². The van der Waals surface area contributed by atoms with Crippen molar-refractivity contribution in [1.29, 1.82) is 0 Å². The van der Waals surface area contributed by atoms with E-state index in [1.54, 1.807) is 12.1 Å². The van der Waals surface area contributed by atoms with E-state index in [-0.39, 0.29) is 6.54 Å². The topological polar surface area (TPSA) is 29.4 Å². The summed E-state index contributed by atoms with van der Waals surface area (Å²) in [5.41, 5.74) is 1.10. The van der Waals surface area contributed by atoms with E-state index >= 15 is 0 Å². The fraction of sp³-hybridized carbons (Fsp3) is 0.417. The van der Waals surface area contributed by atoms with Crippen molar-refractivity contribution in [2.45, 2.75) is 33.0 Å². The van der Waals surface area contributed by atoms with E-state index in [1.165, 1.54) is 19.9 Å². The van der Waals surface area contributed by atoms with Gasteiger partial charge in [-0.25, -0.2) is 14.2 Å².